The van der Waals surface area contributed by atoms with Gasteiger partial charge in [-0.2, -0.15) is 0 Å². The number of hydrogen-bond acceptors (Lipinski definition) is 3. The van der Waals surface area contributed by atoms with Crippen molar-refractivity contribution in [2.75, 3.05) is 0 Å². The highest BCUT2D eigenvalue weighted by Crippen LogP contribution is 2.39. The minimum Gasteiger partial charge on any atom is -0.389 e. The van der Waals surface area contributed by atoms with Crippen molar-refractivity contribution in [1.29, 1.82) is 0 Å². The van der Waals surface area contributed by atoms with E-state index in [1.165, 1.54) is 0 Å². The average molecular weight is 567 g/mol. The standard InChI is InChI=1S/C30H26Cl3N3O2/c1-19(21-7-3-2-4-8-21)34-30(37)38-29-25-10-6-5-9-22(17-20-11-13-23(31)14-12-20)28(25)36(35-29)27-18-24(32)15-16-26(27)33/h2-4,7-8,11-19H,5-6,9-10H2,1H3,(H,34,37)/b22-17+/t19-/m1/s1. The minimum atomic E-state index is -0.571. The highest BCUT2D eigenvalue weighted by atomic mass is 35.5. The van der Waals surface area contributed by atoms with Gasteiger partial charge in [-0.1, -0.05) is 77.3 Å². The molecule has 0 saturated heterocycles. The summed E-state index contributed by atoms with van der Waals surface area (Å²) in [7, 11) is 0. The average Bonchev–Trinajstić information content (AvgIpc) is 3.12. The molecular weight excluding hydrogens is 541 g/mol. The zero-order valence-electron chi connectivity index (χ0n) is 20.8. The third kappa shape index (κ3) is 5.91. The number of hydrogen-bond donors (Lipinski definition) is 1. The number of benzene rings is 3. The second kappa shape index (κ2) is 11.6. The summed E-state index contributed by atoms with van der Waals surface area (Å²) in [5.74, 6) is 0.262. The first-order chi connectivity index (χ1) is 18.4. The van der Waals surface area contributed by atoms with E-state index in [1.807, 2.05) is 61.5 Å². The van der Waals surface area contributed by atoms with Gasteiger partial charge in [0.05, 0.1) is 22.4 Å². The van der Waals surface area contributed by atoms with E-state index < -0.39 is 6.09 Å². The Morgan fingerprint density at radius 2 is 1.68 bits per heavy atom. The van der Waals surface area contributed by atoms with E-state index in [0.717, 1.165) is 47.2 Å². The third-order valence-electron chi connectivity index (χ3n) is 6.54. The van der Waals surface area contributed by atoms with Crippen LogP contribution in [-0.2, 0) is 6.42 Å². The lowest BCUT2D eigenvalue weighted by atomic mass is 10.0. The van der Waals surface area contributed by atoms with Gasteiger partial charge in [-0.25, -0.2) is 9.48 Å². The first-order valence-electron chi connectivity index (χ1n) is 12.5. The minimum absolute atomic E-state index is 0.230. The number of carbonyl (C=O) groups excluding carboxylic acids is 1. The fraction of sp³-hybridized carbons (Fsp3) is 0.200. The van der Waals surface area contributed by atoms with Crippen molar-refractivity contribution in [2.24, 2.45) is 0 Å². The van der Waals surface area contributed by atoms with Crippen LogP contribution in [0, 0.1) is 0 Å². The molecule has 1 aliphatic carbocycles. The predicted octanol–water partition coefficient (Wildman–Crippen LogP) is 8.95. The summed E-state index contributed by atoms with van der Waals surface area (Å²) in [6.45, 7) is 1.91. The van der Waals surface area contributed by atoms with Crippen LogP contribution in [0.15, 0.2) is 72.8 Å². The van der Waals surface area contributed by atoms with Crippen LogP contribution in [0.2, 0.25) is 15.1 Å². The lowest BCUT2D eigenvalue weighted by Gasteiger charge is -2.13. The molecule has 0 bridgehead atoms. The number of ether oxygens (including phenoxy) is 1. The molecule has 0 aliphatic heterocycles. The van der Waals surface area contributed by atoms with Gasteiger partial charge in [0, 0.05) is 15.6 Å². The molecular formula is C30H26Cl3N3O2. The van der Waals surface area contributed by atoms with Crippen molar-refractivity contribution in [3.8, 4) is 11.6 Å². The number of amides is 1. The zero-order valence-corrected chi connectivity index (χ0v) is 23.0. The van der Waals surface area contributed by atoms with Gasteiger partial charge >= 0.3 is 6.09 Å². The van der Waals surface area contributed by atoms with Crippen LogP contribution in [-0.4, -0.2) is 15.9 Å². The van der Waals surface area contributed by atoms with Crippen LogP contribution < -0.4 is 10.1 Å². The molecule has 5 rings (SSSR count). The first-order valence-corrected chi connectivity index (χ1v) is 13.6. The van der Waals surface area contributed by atoms with E-state index in [1.54, 1.807) is 22.9 Å². The molecule has 1 aromatic heterocycles. The molecule has 0 saturated carbocycles. The quantitative estimate of drug-likeness (QED) is 0.245. The maximum absolute atomic E-state index is 13.0. The Bertz CT molecular complexity index is 1480. The van der Waals surface area contributed by atoms with Crippen LogP contribution in [0.3, 0.4) is 0 Å². The second-order valence-electron chi connectivity index (χ2n) is 9.23. The highest BCUT2D eigenvalue weighted by Gasteiger charge is 2.27. The Hall–Kier alpha value is -3.25. The van der Waals surface area contributed by atoms with Gasteiger partial charge < -0.3 is 10.1 Å². The van der Waals surface area contributed by atoms with Gasteiger partial charge in [0.1, 0.15) is 0 Å². The topological polar surface area (TPSA) is 56.1 Å². The van der Waals surface area contributed by atoms with Gasteiger partial charge in [-0.15, -0.1) is 5.10 Å². The molecule has 38 heavy (non-hydrogen) atoms. The molecule has 3 aromatic carbocycles. The largest absolute Gasteiger partial charge is 0.414 e. The SMILES string of the molecule is C[C@@H](NC(=O)Oc1nn(-c2cc(Cl)ccc2Cl)c2c1CCCC/C2=C\c1ccc(Cl)cc1)c1ccccc1. The fourth-order valence-corrected chi connectivity index (χ4v) is 5.14. The lowest BCUT2D eigenvalue weighted by Crippen LogP contribution is -2.29. The molecule has 0 fully saturated rings. The van der Waals surface area contributed by atoms with Gasteiger partial charge in [-0.3, -0.25) is 0 Å². The lowest BCUT2D eigenvalue weighted by molar-refractivity contribution is 0.194. The Balaban J connectivity index is 1.57. The summed E-state index contributed by atoms with van der Waals surface area (Å²) in [5, 5.41) is 9.36. The molecule has 1 N–H and O–H groups in total. The summed E-state index contributed by atoms with van der Waals surface area (Å²) in [5.41, 5.74) is 5.40. The van der Waals surface area contributed by atoms with Crippen molar-refractivity contribution < 1.29 is 9.53 Å². The summed E-state index contributed by atoms with van der Waals surface area (Å²) >= 11 is 19.1. The molecule has 1 atom stereocenters. The Kier molecular flexibility index (Phi) is 8.08. The number of halogens is 3. The normalized spacial score (nSPS) is 15.0. The molecule has 0 unspecified atom stereocenters. The number of nitrogens with one attached hydrogen (secondary N) is 1. The van der Waals surface area contributed by atoms with Gasteiger partial charge in [0.15, 0.2) is 0 Å². The highest BCUT2D eigenvalue weighted by molar-refractivity contribution is 6.34. The molecule has 0 spiro atoms. The van der Waals surface area contributed by atoms with Crippen LogP contribution >= 0.6 is 34.8 Å². The van der Waals surface area contributed by atoms with E-state index in [9.17, 15) is 4.79 Å². The van der Waals surface area contributed by atoms with E-state index in [4.69, 9.17) is 44.6 Å². The van der Waals surface area contributed by atoms with E-state index in [-0.39, 0.29) is 11.9 Å². The Morgan fingerprint density at radius 1 is 0.974 bits per heavy atom. The van der Waals surface area contributed by atoms with Gasteiger partial charge in [-0.05, 0) is 85.7 Å². The van der Waals surface area contributed by atoms with Crippen molar-refractivity contribution in [3.63, 3.8) is 0 Å². The van der Waals surface area contributed by atoms with Crippen LogP contribution in [0.25, 0.3) is 17.3 Å². The monoisotopic (exact) mass is 565 g/mol. The van der Waals surface area contributed by atoms with E-state index >= 15 is 0 Å². The van der Waals surface area contributed by atoms with Crippen molar-refractivity contribution in [3.05, 3.63) is 110 Å². The van der Waals surface area contributed by atoms with Crippen molar-refractivity contribution >= 4 is 52.5 Å². The summed E-state index contributed by atoms with van der Waals surface area (Å²) < 4.78 is 7.59. The van der Waals surface area contributed by atoms with Gasteiger partial charge in [0.2, 0.25) is 5.88 Å². The maximum Gasteiger partial charge on any atom is 0.414 e. The molecule has 1 amide bonds. The number of aromatic nitrogens is 2. The molecule has 4 aromatic rings. The van der Waals surface area contributed by atoms with Crippen LogP contribution in [0.1, 0.15) is 54.6 Å². The van der Waals surface area contributed by atoms with Crippen LogP contribution in [0.5, 0.6) is 5.88 Å². The number of rotatable bonds is 5. The predicted molar refractivity (Wildman–Crippen MR) is 154 cm³/mol. The zero-order chi connectivity index (χ0) is 26.6. The van der Waals surface area contributed by atoms with Crippen molar-refractivity contribution in [2.45, 2.75) is 38.6 Å². The summed E-state index contributed by atoms with van der Waals surface area (Å²) in [4.78, 5) is 13.0. The maximum atomic E-state index is 13.0. The Labute approximate surface area is 237 Å². The molecule has 5 nitrogen and oxygen atoms in total. The number of fused-ring (bicyclic) bond motifs is 1. The fourth-order valence-electron chi connectivity index (χ4n) is 4.65. The van der Waals surface area contributed by atoms with Crippen LogP contribution in [0.4, 0.5) is 4.79 Å². The molecule has 1 aliphatic rings. The van der Waals surface area contributed by atoms with E-state index in [0.29, 0.717) is 27.2 Å². The molecule has 0 radical (unpaired) electrons. The van der Waals surface area contributed by atoms with Gasteiger partial charge in [0.25, 0.3) is 0 Å². The molecule has 1 heterocycles. The number of carbonyl (C=O) groups is 1. The number of allylic oxidation sites excluding steroid dienone is 1. The third-order valence-corrected chi connectivity index (χ3v) is 7.35. The molecule has 194 valence electrons. The Morgan fingerprint density at radius 3 is 2.45 bits per heavy atom. The summed E-state index contributed by atoms with van der Waals surface area (Å²) in [6.07, 6.45) is 5.00. The van der Waals surface area contributed by atoms with E-state index in [2.05, 4.69) is 11.4 Å². The summed E-state index contributed by atoms with van der Waals surface area (Å²) in [6, 6.07) is 22.4. The smallest absolute Gasteiger partial charge is 0.389 e. The van der Waals surface area contributed by atoms with Crippen molar-refractivity contribution in [1.82, 2.24) is 15.1 Å². The first kappa shape index (κ1) is 26.4. The second-order valence-corrected chi connectivity index (χ2v) is 10.5. The number of nitrogens with zero attached hydrogens (tertiary/aromatic N) is 2. The molecule has 8 heteroatoms.